The SMILES string of the molecule is CC(C)CCC(C)(C)C([NH])=O. The molecule has 0 aliphatic heterocycles. The summed E-state index contributed by atoms with van der Waals surface area (Å²) < 4.78 is 0. The number of rotatable bonds is 4. The van der Waals surface area contributed by atoms with Gasteiger partial charge in [0, 0.05) is 5.41 Å². The van der Waals surface area contributed by atoms with Gasteiger partial charge in [0.15, 0.2) is 0 Å². The zero-order chi connectivity index (χ0) is 9.07. The minimum absolute atomic E-state index is 0.440. The lowest BCUT2D eigenvalue weighted by molar-refractivity contribution is -0.127. The third-order valence-electron chi connectivity index (χ3n) is 1.96. The average Bonchev–Trinajstić information content (AvgIpc) is 1.84. The summed E-state index contributed by atoms with van der Waals surface area (Å²) in [4.78, 5) is 10.7. The summed E-state index contributed by atoms with van der Waals surface area (Å²) in [6.07, 6.45) is 1.85. The van der Waals surface area contributed by atoms with Crippen LogP contribution in [0.15, 0.2) is 0 Å². The Morgan fingerprint density at radius 1 is 1.45 bits per heavy atom. The van der Waals surface area contributed by atoms with Gasteiger partial charge in [0.05, 0.1) is 0 Å². The van der Waals surface area contributed by atoms with Crippen LogP contribution in [0.3, 0.4) is 0 Å². The Bertz CT molecular complexity index is 138. The quantitative estimate of drug-likeness (QED) is 0.615. The van der Waals surface area contributed by atoms with Gasteiger partial charge in [0.1, 0.15) is 0 Å². The largest absolute Gasteiger partial charge is 0.273 e. The van der Waals surface area contributed by atoms with Crippen LogP contribution in [-0.2, 0) is 4.79 Å². The van der Waals surface area contributed by atoms with Crippen molar-refractivity contribution < 1.29 is 4.79 Å². The second-order valence-electron chi connectivity index (χ2n) is 4.15. The van der Waals surface area contributed by atoms with Crippen molar-refractivity contribution in [1.82, 2.24) is 5.73 Å². The standard InChI is InChI=1S/C9H18NO/c1-7(2)5-6-9(3,4)8(10)11/h7,10H,5-6H2,1-4H3. The molecule has 0 rings (SSSR count). The summed E-state index contributed by atoms with van der Waals surface area (Å²) in [6.45, 7) is 7.93. The molecule has 0 heterocycles. The van der Waals surface area contributed by atoms with Gasteiger partial charge in [-0.3, -0.25) is 10.5 Å². The molecule has 0 aromatic carbocycles. The number of hydrogen-bond acceptors (Lipinski definition) is 1. The van der Waals surface area contributed by atoms with E-state index in [9.17, 15) is 4.79 Å². The van der Waals surface area contributed by atoms with E-state index < -0.39 is 11.3 Å². The Morgan fingerprint density at radius 2 is 1.91 bits per heavy atom. The highest BCUT2D eigenvalue weighted by Gasteiger charge is 2.24. The zero-order valence-corrected chi connectivity index (χ0v) is 7.90. The molecule has 0 aromatic rings. The molecule has 0 aliphatic rings. The third-order valence-corrected chi connectivity index (χ3v) is 1.96. The summed E-state index contributed by atoms with van der Waals surface area (Å²) in [5.41, 5.74) is 6.55. The summed E-state index contributed by atoms with van der Waals surface area (Å²) in [6, 6.07) is 0. The lowest BCUT2D eigenvalue weighted by atomic mass is 9.85. The van der Waals surface area contributed by atoms with Crippen molar-refractivity contribution >= 4 is 5.91 Å². The van der Waals surface area contributed by atoms with E-state index in [-0.39, 0.29) is 0 Å². The highest BCUT2D eigenvalue weighted by molar-refractivity contribution is 5.79. The fourth-order valence-electron chi connectivity index (χ4n) is 0.763. The van der Waals surface area contributed by atoms with Crippen molar-refractivity contribution in [2.45, 2.75) is 40.5 Å². The van der Waals surface area contributed by atoms with E-state index in [0.717, 1.165) is 12.8 Å². The smallest absolute Gasteiger partial charge is 0.244 e. The lowest BCUT2D eigenvalue weighted by Crippen LogP contribution is -2.25. The molecule has 1 N–H and O–H groups in total. The van der Waals surface area contributed by atoms with E-state index >= 15 is 0 Å². The molecule has 0 fully saturated rings. The molecule has 2 nitrogen and oxygen atoms in total. The number of nitrogens with one attached hydrogen (secondary N) is 1. The van der Waals surface area contributed by atoms with Crippen LogP contribution < -0.4 is 5.73 Å². The van der Waals surface area contributed by atoms with Gasteiger partial charge in [-0.2, -0.15) is 0 Å². The maximum absolute atomic E-state index is 10.7. The average molecular weight is 156 g/mol. The summed E-state index contributed by atoms with van der Waals surface area (Å²) >= 11 is 0. The Balaban J connectivity index is 3.83. The third kappa shape index (κ3) is 4.02. The van der Waals surface area contributed by atoms with E-state index in [1.807, 2.05) is 13.8 Å². The second-order valence-corrected chi connectivity index (χ2v) is 4.15. The molecule has 0 aliphatic carbocycles. The molecule has 0 saturated heterocycles. The molecule has 0 spiro atoms. The maximum Gasteiger partial charge on any atom is 0.244 e. The molecule has 1 radical (unpaired) electrons. The molecule has 0 unspecified atom stereocenters. The highest BCUT2D eigenvalue weighted by Crippen LogP contribution is 2.24. The normalized spacial score (nSPS) is 12.1. The van der Waals surface area contributed by atoms with Gasteiger partial charge >= 0.3 is 0 Å². The molecule has 0 atom stereocenters. The van der Waals surface area contributed by atoms with Crippen molar-refractivity contribution in [1.29, 1.82) is 0 Å². The number of carbonyl (C=O) groups is 1. The fraction of sp³-hybridized carbons (Fsp3) is 0.889. The summed E-state index contributed by atoms with van der Waals surface area (Å²) in [5.74, 6) is 0.173. The van der Waals surface area contributed by atoms with Gasteiger partial charge in [-0.25, -0.2) is 0 Å². The molecule has 11 heavy (non-hydrogen) atoms. The van der Waals surface area contributed by atoms with Crippen LogP contribution in [0.1, 0.15) is 40.5 Å². The predicted octanol–water partition coefficient (Wildman–Crippen LogP) is 2.26. The first-order valence-electron chi connectivity index (χ1n) is 4.12. The maximum atomic E-state index is 10.7. The minimum atomic E-state index is -0.446. The van der Waals surface area contributed by atoms with Gasteiger partial charge in [-0.1, -0.05) is 27.7 Å². The van der Waals surface area contributed by atoms with Crippen molar-refractivity contribution in [3.05, 3.63) is 0 Å². The highest BCUT2D eigenvalue weighted by atomic mass is 16.1. The lowest BCUT2D eigenvalue weighted by Gasteiger charge is -2.20. The van der Waals surface area contributed by atoms with Gasteiger partial charge in [0.2, 0.25) is 5.91 Å². The molecule has 0 saturated carbocycles. The molecule has 1 amide bonds. The summed E-state index contributed by atoms with van der Waals surface area (Å²) in [7, 11) is 0. The van der Waals surface area contributed by atoms with E-state index in [4.69, 9.17) is 5.73 Å². The Kier molecular flexibility index (Phi) is 3.56. The number of carbonyl (C=O) groups excluding carboxylic acids is 1. The molecular formula is C9H18NO. The van der Waals surface area contributed by atoms with Crippen LogP contribution in [0, 0.1) is 11.3 Å². The van der Waals surface area contributed by atoms with Gasteiger partial charge < -0.3 is 0 Å². The molecule has 2 heteroatoms. The summed E-state index contributed by atoms with van der Waals surface area (Å²) in [5, 5.41) is 0. The first kappa shape index (κ1) is 10.5. The molecule has 0 aromatic heterocycles. The number of amides is 1. The van der Waals surface area contributed by atoms with Crippen molar-refractivity contribution in [2.75, 3.05) is 0 Å². The first-order chi connectivity index (χ1) is 4.86. The van der Waals surface area contributed by atoms with Crippen molar-refractivity contribution in [2.24, 2.45) is 11.3 Å². The minimum Gasteiger partial charge on any atom is -0.273 e. The van der Waals surface area contributed by atoms with Crippen LogP contribution in [0.2, 0.25) is 0 Å². The van der Waals surface area contributed by atoms with E-state index in [0.29, 0.717) is 5.92 Å². The Labute approximate surface area is 69.2 Å². The molecular weight excluding hydrogens is 138 g/mol. The zero-order valence-electron chi connectivity index (χ0n) is 7.90. The van der Waals surface area contributed by atoms with Crippen molar-refractivity contribution in [3.63, 3.8) is 0 Å². The van der Waals surface area contributed by atoms with E-state index in [1.54, 1.807) is 0 Å². The van der Waals surface area contributed by atoms with Gasteiger partial charge in [-0.05, 0) is 18.8 Å². The van der Waals surface area contributed by atoms with E-state index in [1.165, 1.54) is 0 Å². The van der Waals surface area contributed by atoms with Gasteiger partial charge in [0.25, 0.3) is 0 Å². The monoisotopic (exact) mass is 156 g/mol. The predicted molar refractivity (Wildman–Crippen MR) is 46.0 cm³/mol. The first-order valence-corrected chi connectivity index (χ1v) is 4.12. The number of hydrogen-bond donors (Lipinski definition) is 0. The van der Waals surface area contributed by atoms with Crippen LogP contribution in [-0.4, -0.2) is 5.91 Å². The van der Waals surface area contributed by atoms with Crippen LogP contribution >= 0.6 is 0 Å². The fourth-order valence-corrected chi connectivity index (χ4v) is 0.763. The van der Waals surface area contributed by atoms with E-state index in [2.05, 4.69) is 13.8 Å². The van der Waals surface area contributed by atoms with Crippen LogP contribution in [0.25, 0.3) is 0 Å². The topological polar surface area (TPSA) is 40.9 Å². The van der Waals surface area contributed by atoms with Crippen molar-refractivity contribution in [3.8, 4) is 0 Å². The van der Waals surface area contributed by atoms with Crippen LogP contribution in [0.4, 0.5) is 0 Å². The molecule has 0 bridgehead atoms. The van der Waals surface area contributed by atoms with Gasteiger partial charge in [-0.15, -0.1) is 0 Å². The molecule has 65 valence electrons. The second kappa shape index (κ2) is 3.74. The Morgan fingerprint density at radius 3 is 2.18 bits per heavy atom. The Hall–Kier alpha value is -0.530. The van der Waals surface area contributed by atoms with Crippen LogP contribution in [0.5, 0.6) is 0 Å².